The van der Waals surface area contributed by atoms with E-state index in [-0.39, 0.29) is 36.7 Å². The Balaban J connectivity index is 1.61. The molecular formula is C27H35N3O7S. The van der Waals surface area contributed by atoms with Gasteiger partial charge in [-0.15, -0.1) is 0 Å². The van der Waals surface area contributed by atoms with E-state index in [0.717, 1.165) is 35.6 Å². The quantitative estimate of drug-likeness (QED) is 0.462. The number of benzene rings is 2. The molecule has 0 aromatic heterocycles. The van der Waals surface area contributed by atoms with E-state index in [1.807, 2.05) is 12.1 Å². The fraction of sp³-hybridized carbons (Fsp3) is 0.481. The van der Waals surface area contributed by atoms with Crippen LogP contribution < -0.4 is 23.8 Å². The second-order valence-electron chi connectivity index (χ2n) is 9.48. The van der Waals surface area contributed by atoms with Crippen molar-refractivity contribution in [2.75, 3.05) is 30.5 Å². The highest BCUT2D eigenvalue weighted by Crippen LogP contribution is 2.36. The average Bonchev–Trinajstić information content (AvgIpc) is 3.61. The molecule has 10 nitrogen and oxygen atoms in total. The number of hydrogen-bond donors (Lipinski definition) is 1. The highest BCUT2D eigenvalue weighted by atomic mass is 32.2. The molecule has 2 amide bonds. The van der Waals surface area contributed by atoms with Gasteiger partial charge >= 0.3 is 0 Å². The molecule has 1 aliphatic heterocycles. The van der Waals surface area contributed by atoms with E-state index >= 15 is 0 Å². The van der Waals surface area contributed by atoms with E-state index in [1.165, 1.54) is 11.8 Å². The third-order valence-electron chi connectivity index (χ3n) is 7.00. The summed E-state index contributed by atoms with van der Waals surface area (Å²) in [5, 5.41) is 3.06. The Morgan fingerprint density at radius 2 is 1.76 bits per heavy atom. The van der Waals surface area contributed by atoms with E-state index in [4.69, 9.17) is 14.2 Å². The number of rotatable bonds is 11. The molecular weight excluding hydrogens is 510 g/mol. The first-order valence-corrected chi connectivity index (χ1v) is 14.5. The molecule has 4 rings (SSSR count). The third kappa shape index (κ3) is 6.32. The summed E-state index contributed by atoms with van der Waals surface area (Å²) in [5.74, 6) is 0.626. The zero-order valence-electron chi connectivity index (χ0n) is 22.0. The highest BCUT2D eigenvalue weighted by molar-refractivity contribution is 7.92. The van der Waals surface area contributed by atoms with Crippen LogP contribution in [0.15, 0.2) is 42.5 Å². The smallest absolute Gasteiger partial charge is 0.244 e. The molecule has 0 saturated heterocycles. The van der Waals surface area contributed by atoms with Gasteiger partial charge in [-0.25, -0.2) is 8.42 Å². The minimum atomic E-state index is -3.83. The Morgan fingerprint density at radius 1 is 1.08 bits per heavy atom. The fourth-order valence-electron chi connectivity index (χ4n) is 4.66. The lowest BCUT2D eigenvalue weighted by molar-refractivity contribution is -0.139. The van der Waals surface area contributed by atoms with Crippen LogP contribution in [0.3, 0.4) is 0 Å². The zero-order valence-corrected chi connectivity index (χ0v) is 22.8. The number of hydrogen-bond acceptors (Lipinski definition) is 7. The lowest BCUT2D eigenvalue weighted by Gasteiger charge is -2.32. The molecule has 1 saturated carbocycles. The average molecular weight is 546 g/mol. The number of fused-ring (bicyclic) bond motifs is 1. The molecule has 11 heteroatoms. The van der Waals surface area contributed by atoms with E-state index < -0.39 is 28.5 Å². The third-order valence-corrected chi connectivity index (χ3v) is 8.75. The zero-order chi connectivity index (χ0) is 27.3. The summed E-state index contributed by atoms with van der Waals surface area (Å²) in [4.78, 5) is 28.4. The molecule has 38 heavy (non-hydrogen) atoms. The topological polar surface area (TPSA) is 114 Å². The molecule has 1 fully saturated rings. The number of methoxy groups -OCH3 is 1. The van der Waals surface area contributed by atoms with Crippen molar-refractivity contribution in [2.45, 2.75) is 58.2 Å². The van der Waals surface area contributed by atoms with Crippen LogP contribution >= 0.6 is 0 Å². The predicted octanol–water partition coefficient (Wildman–Crippen LogP) is 3.06. The van der Waals surface area contributed by atoms with Gasteiger partial charge in [0.1, 0.15) is 18.3 Å². The Kier molecular flexibility index (Phi) is 8.65. The van der Waals surface area contributed by atoms with Crippen molar-refractivity contribution in [3.63, 3.8) is 0 Å². The Labute approximate surface area is 223 Å². The summed E-state index contributed by atoms with van der Waals surface area (Å²) >= 11 is 0. The fourth-order valence-corrected chi connectivity index (χ4v) is 5.72. The summed E-state index contributed by atoms with van der Waals surface area (Å²) in [6.45, 7) is 2.90. The second kappa shape index (κ2) is 11.9. The second-order valence-corrected chi connectivity index (χ2v) is 11.7. The molecule has 2 aromatic rings. The maximum Gasteiger partial charge on any atom is 0.244 e. The Bertz CT molecular complexity index is 1240. The summed E-state index contributed by atoms with van der Waals surface area (Å²) in [6.07, 6.45) is 3.95. The van der Waals surface area contributed by atoms with Gasteiger partial charge in [-0.3, -0.25) is 13.9 Å². The van der Waals surface area contributed by atoms with Gasteiger partial charge in [0, 0.05) is 18.7 Å². The van der Waals surface area contributed by atoms with Gasteiger partial charge in [-0.05, 0) is 56.5 Å². The van der Waals surface area contributed by atoms with Crippen molar-refractivity contribution in [3.8, 4) is 17.2 Å². The van der Waals surface area contributed by atoms with Crippen LogP contribution in [0.1, 0.15) is 45.1 Å². The van der Waals surface area contributed by atoms with Crippen LogP contribution in [-0.2, 0) is 26.2 Å². The SMILES string of the molecule is CCS(=O)(=O)N(CC(=O)N(Cc1ccc(OC)cc1)C(C)C(=O)NC1CCCC1)c1ccc2c(c1)OCO2. The molecule has 2 aromatic carbocycles. The van der Waals surface area contributed by atoms with Crippen molar-refractivity contribution in [1.29, 1.82) is 0 Å². The van der Waals surface area contributed by atoms with Crippen molar-refractivity contribution in [1.82, 2.24) is 10.2 Å². The van der Waals surface area contributed by atoms with E-state index in [2.05, 4.69) is 5.32 Å². The number of carbonyl (C=O) groups is 2. The lowest BCUT2D eigenvalue weighted by Crippen LogP contribution is -2.52. The first kappa shape index (κ1) is 27.6. The standard InChI is InChI=1S/C27H35N3O7S/c1-4-38(33,34)30(22-11-14-24-25(15-22)37-18-36-24)17-26(31)29(16-20-9-12-23(35-3)13-10-20)19(2)27(32)28-21-7-5-6-8-21/h9-15,19,21H,4-8,16-18H2,1-3H3,(H,28,32). The van der Waals surface area contributed by atoms with Gasteiger partial charge in [-0.2, -0.15) is 0 Å². The first-order valence-electron chi connectivity index (χ1n) is 12.8. The van der Waals surface area contributed by atoms with Crippen molar-refractivity contribution < 1.29 is 32.2 Å². The normalized spacial score (nSPS) is 15.7. The van der Waals surface area contributed by atoms with Gasteiger partial charge in [-0.1, -0.05) is 25.0 Å². The van der Waals surface area contributed by atoms with Crippen molar-refractivity contribution in [2.24, 2.45) is 0 Å². The molecule has 0 radical (unpaired) electrons. The Hall–Kier alpha value is -3.47. The number of nitrogens with one attached hydrogen (secondary N) is 1. The number of nitrogens with zero attached hydrogens (tertiary/aromatic N) is 2. The van der Waals surface area contributed by atoms with Crippen LogP contribution in [0, 0.1) is 0 Å². The van der Waals surface area contributed by atoms with Gasteiger partial charge < -0.3 is 24.4 Å². The van der Waals surface area contributed by atoms with Crippen LogP contribution in [-0.4, -0.2) is 63.4 Å². The molecule has 1 N–H and O–H groups in total. The van der Waals surface area contributed by atoms with Gasteiger partial charge in [0.05, 0.1) is 18.6 Å². The molecule has 1 aliphatic carbocycles. The van der Waals surface area contributed by atoms with Crippen molar-refractivity contribution in [3.05, 3.63) is 48.0 Å². The molecule has 1 unspecified atom stereocenters. The highest BCUT2D eigenvalue weighted by Gasteiger charge is 2.32. The molecule has 1 heterocycles. The summed E-state index contributed by atoms with van der Waals surface area (Å²) < 4.78 is 43.3. The Morgan fingerprint density at radius 3 is 2.42 bits per heavy atom. The molecule has 1 atom stereocenters. The van der Waals surface area contributed by atoms with E-state index in [1.54, 1.807) is 44.4 Å². The largest absolute Gasteiger partial charge is 0.497 e. The van der Waals surface area contributed by atoms with E-state index in [0.29, 0.717) is 17.2 Å². The number of anilines is 1. The van der Waals surface area contributed by atoms with Crippen LogP contribution in [0.5, 0.6) is 17.2 Å². The number of sulfonamides is 1. The molecule has 2 aliphatic rings. The van der Waals surface area contributed by atoms with Gasteiger partial charge in [0.15, 0.2) is 11.5 Å². The van der Waals surface area contributed by atoms with Gasteiger partial charge in [0.2, 0.25) is 28.6 Å². The van der Waals surface area contributed by atoms with Crippen LogP contribution in [0.4, 0.5) is 5.69 Å². The number of ether oxygens (including phenoxy) is 3. The van der Waals surface area contributed by atoms with E-state index in [9.17, 15) is 18.0 Å². The van der Waals surface area contributed by atoms with Gasteiger partial charge in [0.25, 0.3) is 0 Å². The minimum Gasteiger partial charge on any atom is -0.497 e. The summed E-state index contributed by atoms with van der Waals surface area (Å²) in [6, 6.07) is 11.2. The summed E-state index contributed by atoms with van der Waals surface area (Å²) in [7, 11) is -2.26. The van der Waals surface area contributed by atoms with Crippen LogP contribution in [0.2, 0.25) is 0 Å². The molecule has 206 valence electrons. The van der Waals surface area contributed by atoms with Crippen molar-refractivity contribution >= 4 is 27.5 Å². The predicted molar refractivity (Wildman–Crippen MR) is 143 cm³/mol. The first-order chi connectivity index (χ1) is 18.2. The molecule has 0 spiro atoms. The molecule has 0 bridgehead atoms. The number of amides is 2. The number of carbonyl (C=O) groups excluding carboxylic acids is 2. The summed E-state index contributed by atoms with van der Waals surface area (Å²) in [5.41, 5.74) is 1.07. The minimum absolute atomic E-state index is 0.0432. The maximum absolute atomic E-state index is 13.8. The lowest BCUT2D eigenvalue weighted by atomic mass is 10.1. The van der Waals surface area contributed by atoms with Crippen LogP contribution in [0.25, 0.3) is 0 Å². The maximum atomic E-state index is 13.8. The monoisotopic (exact) mass is 545 g/mol.